The molecule has 8 nitrogen and oxygen atoms in total. The van der Waals surface area contributed by atoms with Crippen molar-refractivity contribution in [2.75, 3.05) is 26.2 Å². The van der Waals surface area contributed by atoms with E-state index in [2.05, 4.69) is 30.0 Å². The summed E-state index contributed by atoms with van der Waals surface area (Å²) in [6.07, 6.45) is 7.92. The Morgan fingerprint density at radius 1 is 1.06 bits per heavy atom. The molecule has 8 heteroatoms. The lowest BCUT2D eigenvalue weighted by Gasteiger charge is -2.15. The van der Waals surface area contributed by atoms with Crippen LogP contribution in [0.5, 0.6) is 5.75 Å². The van der Waals surface area contributed by atoms with E-state index in [4.69, 9.17) is 9.72 Å². The predicted molar refractivity (Wildman–Crippen MR) is 123 cm³/mol. The molecule has 0 bridgehead atoms. The quantitative estimate of drug-likeness (QED) is 0.426. The third-order valence-electron chi connectivity index (χ3n) is 5.94. The van der Waals surface area contributed by atoms with Gasteiger partial charge in [-0.05, 0) is 62.3 Å². The van der Waals surface area contributed by atoms with Gasteiger partial charge in [-0.15, -0.1) is 0 Å². The van der Waals surface area contributed by atoms with Gasteiger partial charge in [0.1, 0.15) is 29.2 Å². The summed E-state index contributed by atoms with van der Waals surface area (Å²) in [5, 5.41) is 8.62. The number of H-pyrrole nitrogens is 2. The number of aromatic amines is 2. The van der Waals surface area contributed by atoms with Crippen molar-refractivity contribution in [3.05, 3.63) is 55.0 Å². The molecule has 6 heterocycles. The summed E-state index contributed by atoms with van der Waals surface area (Å²) in [6.45, 7) is 3.96. The molecule has 0 radical (unpaired) electrons. The summed E-state index contributed by atoms with van der Waals surface area (Å²) in [5.74, 6) is 0.762. The van der Waals surface area contributed by atoms with Gasteiger partial charge in [0, 0.05) is 29.9 Å². The first-order valence-electron chi connectivity index (χ1n) is 10.9. The zero-order valence-electron chi connectivity index (χ0n) is 17.6. The van der Waals surface area contributed by atoms with E-state index in [9.17, 15) is 0 Å². The molecule has 5 aromatic rings. The van der Waals surface area contributed by atoms with E-state index in [0.29, 0.717) is 6.61 Å². The third-order valence-corrected chi connectivity index (χ3v) is 5.94. The molecule has 5 aromatic heterocycles. The summed E-state index contributed by atoms with van der Waals surface area (Å²) in [7, 11) is 0. The molecule has 0 atom stereocenters. The van der Waals surface area contributed by atoms with Crippen molar-refractivity contribution in [1.82, 2.24) is 35.0 Å². The first kappa shape index (κ1) is 18.9. The van der Waals surface area contributed by atoms with Crippen LogP contribution < -0.4 is 4.74 Å². The van der Waals surface area contributed by atoms with Gasteiger partial charge in [0.05, 0.1) is 23.1 Å². The second-order valence-corrected chi connectivity index (χ2v) is 8.10. The standard InChI is InChI=1S/C24H23N7O/c1-2-9-31(8-1)10-11-32-18-12-17(14-25-15-18)19-5-6-20-22(27-19)23(30-29-20)21-13-16-4-3-7-26-24(16)28-21/h3-7,12-15H,1-2,8-11H2,(H,26,28)(H,29,30). The maximum atomic E-state index is 5.97. The van der Waals surface area contributed by atoms with Crippen molar-refractivity contribution in [3.63, 3.8) is 0 Å². The number of aromatic nitrogens is 6. The molecule has 6 rings (SSSR count). The average Bonchev–Trinajstić information content (AvgIpc) is 3.58. The zero-order valence-corrected chi connectivity index (χ0v) is 17.6. The summed E-state index contributed by atoms with van der Waals surface area (Å²) in [4.78, 5) is 19.4. The molecule has 0 unspecified atom stereocenters. The molecule has 1 aliphatic rings. The molecule has 1 aliphatic heterocycles. The molecular weight excluding hydrogens is 402 g/mol. The van der Waals surface area contributed by atoms with Crippen LogP contribution in [-0.2, 0) is 0 Å². The first-order chi connectivity index (χ1) is 15.8. The van der Waals surface area contributed by atoms with E-state index in [1.165, 1.54) is 25.9 Å². The minimum Gasteiger partial charge on any atom is -0.491 e. The summed E-state index contributed by atoms with van der Waals surface area (Å²) in [5.41, 5.74) is 5.90. The number of hydrogen-bond acceptors (Lipinski definition) is 6. The molecule has 0 saturated carbocycles. The van der Waals surface area contributed by atoms with Crippen molar-refractivity contribution in [2.45, 2.75) is 12.8 Å². The van der Waals surface area contributed by atoms with Gasteiger partial charge in [0.15, 0.2) is 0 Å². The zero-order chi connectivity index (χ0) is 21.3. The van der Waals surface area contributed by atoms with Crippen LogP contribution in [0.4, 0.5) is 0 Å². The van der Waals surface area contributed by atoms with Gasteiger partial charge in [-0.1, -0.05) is 0 Å². The fourth-order valence-corrected chi connectivity index (χ4v) is 4.27. The lowest BCUT2D eigenvalue weighted by Crippen LogP contribution is -2.25. The fraction of sp³-hybridized carbons (Fsp3) is 0.250. The van der Waals surface area contributed by atoms with Crippen LogP contribution in [-0.4, -0.2) is 61.3 Å². The highest BCUT2D eigenvalue weighted by atomic mass is 16.5. The third kappa shape index (κ3) is 3.58. The van der Waals surface area contributed by atoms with Crippen LogP contribution in [0.15, 0.2) is 55.0 Å². The maximum absolute atomic E-state index is 5.97. The van der Waals surface area contributed by atoms with E-state index in [1.807, 2.05) is 42.6 Å². The second kappa shape index (κ2) is 8.05. The van der Waals surface area contributed by atoms with Crippen LogP contribution in [0.1, 0.15) is 12.8 Å². The summed E-state index contributed by atoms with van der Waals surface area (Å²) < 4.78 is 5.97. The number of hydrogen-bond donors (Lipinski definition) is 2. The Morgan fingerprint density at radius 3 is 2.91 bits per heavy atom. The number of pyridine rings is 3. The Labute approximate surface area is 184 Å². The van der Waals surface area contributed by atoms with E-state index < -0.39 is 0 Å². The van der Waals surface area contributed by atoms with Crippen molar-refractivity contribution in [1.29, 1.82) is 0 Å². The number of ether oxygens (including phenoxy) is 1. The molecule has 2 N–H and O–H groups in total. The van der Waals surface area contributed by atoms with Gasteiger partial charge in [0.25, 0.3) is 0 Å². The Kier molecular flexibility index (Phi) is 4.77. The molecule has 0 amide bonds. The highest BCUT2D eigenvalue weighted by Gasteiger charge is 2.15. The summed E-state index contributed by atoms with van der Waals surface area (Å²) >= 11 is 0. The van der Waals surface area contributed by atoms with Crippen LogP contribution in [0, 0.1) is 0 Å². The van der Waals surface area contributed by atoms with Crippen molar-refractivity contribution in [3.8, 4) is 28.4 Å². The highest BCUT2D eigenvalue weighted by molar-refractivity contribution is 5.93. The fourth-order valence-electron chi connectivity index (χ4n) is 4.27. The predicted octanol–water partition coefficient (Wildman–Crippen LogP) is 4.04. The van der Waals surface area contributed by atoms with Gasteiger partial charge in [-0.3, -0.25) is 15.0 Å². The number of nitrogens with zero attached hydrogens (tertiary/aromatic N) is 5. The number of fused-ring (bicyclic) bond motifs is 2. The van der Waals surface area contributed by atoms with Gasteiger partial charge >= 0.3 is 0 Å². The van der Waals surface area contributed by atoms with Gasteiger partial charge in [-0.25, -0.2) is 9.97 Å². The minimum absolute atomic E-state index is 0.665. The molecular formula is C24H23N7O. The number of rotatable bonds is 6. The van der Waals surface area contributed by atoms with E-state index in [-0.39, 0.29) is 0 Å². The van der Waals surface area contributed by atoms with Crippen LogP contribution in [0.2, 0.25) is 0 Å². The maximum Gasteiger partial charge on any atom is 0.138 e. The van der Waals surface area contributed by atoms with Crippen LogP contribution in [0.25, 0.3) is 44.7 Å². The number of likely N-dealkylation sites (tertiary alicyclic amines) is 1. The first-order valence-corrected chi connectivity index (χ1v) is 10.9. The molecule has 160 valence electrons. The average molecular weight is 425 g/mol. The highest BCUT2D eigenvalue weighted by Crippen LogP contribution is 2.29. The minimum atomic E-state index is 0.665. The molecule has 0 aliphatic carbocycles. The molecule has 0 spiro atoms. The second-order valence-electron chi connectivity index (χ2n) is 8.10. The van der Waals surface area contributed by atoms with Crippen molar-refractivity contribution in [2.24, 2.45) is 0 Å². The van der Waals surface area contributed by atoms with E-state index >= 15 is 0 Å². The smallest absolute Gasteiger partial charge is 0.138 e. The SMILES string of the molecule is c1cnc2[nH]c(-c3n[nH]c4ccc(-c5cncc(OCCN6CCCC6)c5)nc34)cc2c1. The molecule has 0 aromatic carbocycles. The molecule has 1 saturated heterocycles. The van der Waals surface area contributed by atoms with Gasteiger partial charge in [0.2, 0.25) is 0 Å². The Morgan fingerprint density at radius 2 is 2.00 bits per heavy atom. The molecule has 1 fully saturated rings. The van der Waals surface area contributed by atoms with E-state index in [0.717, 1.165) is 57.0 Å². The van der Waals surface area contributed by atoms with Crippen LogP contribution in [0.3, 0.4) is 0 Å². The lowest BCUT2D eigenvalue weighted by molar-refractivity contribution is 0.237. The Bertz CT molecular complexity index is 1350. The van der Waals surface area contributed by atoms with Gasteiger partial charge in [-0.2, -0.15) is 5.10 Å². The normalized spacial score (nSPS) is 14.5. The van der Waals surface area contributed by atoms with Crippen LogP contribution >= 0.6 is 0 Å². The van der Waals surface area contributed by atoms with Crippen molar-refractivity contribution < 1.29 is 4.74 Å². The van der Waals surface area contributed by atoms with Crippen molar-refractivity contribution >= 4 is 22.1 Å². The molecule has 32 heavy (non-hydrogen) atoms. The van der Waals surface area contributed by atoms with Gasteiger partial charge < -0.3 is 9.72 Å². The topological polar surface area (TPSA) is 95.6 Å². The largest absolute Gasteiger partial charge is 0.491 e. The summed E-state index contributed by atoms with van der Waals surface area (Å²) in [6, 6.07) is 12.0. The Hall–Kier alpha value is -3.78. The number of nitrogens with one attached hydrogen (secondary N) is 2. The van der Waals surface area contributed by atoms with E-state index in [1.54, 1.807) is 12.4 Å². The lowest BCUT2D eigenvalue weighted by atomic mass is 10.1. The Balaban J connectivity index is 1.28. The monoisotopic (exact) mass is 425 g/mol.